The van der Waals surface area contributed by atoms with Crippen LogP contribution in [0.4, 0.5) is 0 Å². The first-order valence-corrected chi connectivity index (χ1v) is 29.2. The van der Waals surface area contributed by atoms with Crippen molar-refractivity contribution >= 4 is 0 Å². The van der Waals surface area contributed by atoms with Crippen molar-refractivity contribution in [2.75, 3.05) is 0 Å². The van der Waals surface area contributed by atoms with Crippen molar-refractivity contribution in [3.05, 3.63) is 0 Å². The molecule has 0 aliphatic rings. The van der Waals surface area contributed by atoms with Crippen LogP contribution in [0.25, 0.3) is 0 Å². The quantitative estimate of drug-likeness (QED) is 0.279. The molecule has 0 spiro atoms. The SMILES string of the molecule is C[CH2][Zr]([NH2])[CH2]C.C[CH2][Zr]([NH2])[CH2]C.C[CH2][Zr]([NH2])[CH2]C.C[CH2][Zr]([NH2])[CH2]C. The van der Waals surface area contributed by atoms with Gasteiger partial charge in [-0.2, -0.15) is 0 Å². The zero-order chi connectivity index (χ0) is 20.0. The molecule has 8 heteroatoms. The Morgan fingerprint density at radius 3 is 0.417 bits per heavy atom. The van der Waals surface area contributed by atoms with Gasteiger partial charge in [-0.25, -0.2) is 0 Å². The third kappa shape index (κ3) is 40.2. The zero-order valence-corrected chi connectivity index (χ0v) is 27.8. The van der Waals surface area contributed by atoms with Crippen molar-refractivity contribution in [3.63, 3.8) is 0 Å². The number of nitrogens with two attached hydrogens (primary N) is 4. The Bertz CT molecular complexity index is 147. The van der Waals surface area contributed by atoms with Gasteiger partial charge in [0.1, 0.15) is 0 Å². The minimum atomic E-state index is -1.12. The van der Waals surface area contributed by atoms with E-state index in [1.165, 1.54) is 33.0 Å². The molecule has 0 aliphatic carbocycles. The van der Waals surface area contributed by atoms with Crippen LogP contribution in [0, 0.1) is 0 Å². The Morgan fingerprint density at radius 2 is 0.417 bits per heavy atom. The van der Waals surface area contributed by atoms with E-state index >= 15 is 0 Å². The van der Waals surface area contributed by atoms with Crippen LogP contribution in [0.1, 0.15) is 55.4 Å². The van der Waals surface area contributed by atoms with Gasteiger partial charge in [0.2, 0.25) is 0 Å². The summed E-state index contributed by atoms with van der Waals surface area (Å²) in [5, 5.41) is 0. The van der Waals surface area contributed by atoms with Crippen molar-refractivity contribution in [1.82, 2.24) is 0 Å². The van der Waals surface area contributed by atoms with E-state index in [2.05, 4.69) is 55.4 Å². The van der Waals surface area contributed by atoms with E-state index in [0.717, 1.165) is 0 Å². The number of hydrogen-bond donors (Lipinski definition) is 4. The summed E-state index contributed by atoms with van der Waals surface area (Å²) >= 11 is -4.47. The summed E-state index contributed by atoms with van der Waals surface area (Å²) in [6, 6.07) is 0. The van der Waals surface area contributed by atoms with Crippen LogP contribution in [0.15, 0.2) is 0 Å². The van der Waals surface area contributed by atoms with E-state index in [1.54, 1.807) is 0 Å². The summed E-state index contributed by atoms with van der Waals surface area (Å²) < 4.78 is 33.1. The van der Waals surface area contributed by atoms with Gasteiger partial charge in [0.15, 0.2) is 0 Å². The Balaban J connectivity index is -0.000000111. The third-order valence-electron chi connectivity index (χ3n) is 3.63. The molecule has 0 amide bonds. The van der Waals surface area contributed by atoms with Crippen LogP contribution in [0.3, 0.4) is 0 Å². The molecule has 0 aromatic heterocycles. The predicted octanol–water partition coefficient (Wildman–Crippen LogP) is 5.42. The van der Waals surface area contributed by atoms with Crippen molar-refractivity contribution in [2.45, 2.75) is 88.4 Å². The molecule has 0 saturated heterocycles. The second-order valence-electron chi connectivity index (χ2n) is 5.46. The summed E-state index contributed by atoms with van der Waals surface area (Å²) in [6.45, 7) is 17.5. The van der Waals surface area contributed by atoms with Gasteiger partial charge < -0.3 is 0 Å². The normalized spacial score (nSPS) is 8.50. The summed E-state index contributed by atoms with van der Waals surface area (Å²) in [5.41, 5.74) is 0. The molecule has 8 N–H and O–H groups in total. The van der Waals surface area contributed by atoms with Crippen LogP contribution >= 0.6 is 0 Å². The van der Waals surface area contributed by atoms with Gasteiger partial charge in [0.25, 0.3) is 0 Å². The van der Waals surface area contributed by atoms with Gasteiger partial charge in [-0.1, -0.05) is 0 Å². The Hall–Kier alpha value is 3.37. The average Bonchev–Trinajstić information content (AvgIpc) is 2.66. The van der Waals surface area contributed by atoms with Gasteiger partial charge in [0, 0.05) is 0 Å². The molecule has 0 heterocycles. The molecule has 0 fully saturated rings. The minimum absolute atomic E-state index is 1.12. The van der Waals surface area contributed by atoms with E-state index in [1.807, 2.05) is 0 Å². The molecule has 24 heavy (non-hydrogen) atoms. The van der Waals surface area contributed by atoms with Crippen molar-refractivity contribution in [2.24, 2.45) is 14.7 Å². The van der Waals surface area contributed by atoms with E-state index < -0.39 is 88.2 Å². The molecular formula is C16H48N4Zr4. The number of rotatable bonds is 8. The third-order valence-corrected chi connectivity index (χ3v) is 21.5. The summed E-state index contributed by atoms with van der Waals surface area (Å²) in [5.74, 6) is 0. The fourth-order valence-electron chi connectivity index (χ4n) is 1.000. The molecule has 0 unspecified atom stereocenters. The molecule has 0 rings (SSSR count). The number of hydrogen-bond acceptors (Lipinski definition) is 4. The Morgan fingerprint density at radius 1 is 0.333 bits per heavy atom. The molecule has 0 atom stereocenters. The van der Waals surface area contributed by atoms with E-state index in [0.29, 0.717) is 0 Å². The molecule has 0 aromatic carbocycles. The van der Waals surface area contributed by atoms with Gasteiger partial charge in [-0.3, -0.25) is 0 Å². The van der Waals surface area contributed by atoms with Gasteiger partial charge >= 0.3 is 191 Å². The fraction of sp³-hybridized carbons (Fsp3) is 1.00. The first-order chi connectivity index (χ1) is 11.2. The molecule has 0 aliphatic heterocycles. The Labute approximate surface area is 188 Å². The first kappa shape index (κ1) is 34.9. The molecular weight excluding hydrogens is 613 g/mol. The van der Waals surface area contributed by atoms with Gasteiger partial charge in [-0.05, 0) is 0 Å². The molecule has 0 saturated carbocycles. The molecule has 0 aromatic rings. The van der Waals surface area contributed by atoms with Crippen LogP contribution in [-0.4, -0.2) is 0 Å². The average molecular weight is 661 g/mol. The van der Waals surface area contributed by atoms with Crippen LogP contribution < -0.4 is 14.7 Å². The summed E-state index contributed by atoms with van der Waals surface area (Å²) in [4.78, 5) is 0. The van der Waals surface area contributed by atoms with Crippen LogP contribution in [0.2, 0.25) is 33.0 Å². The maximum absolute atomic E-state index is 5.67. The van der Waals surface area contributed by atoms with E-state index in [-0.39, 0.29) is 0 Å². The second kappa shape index (κ2) is 31.1. The molecule has 0 radical (unpaired) electrons. The van der Waals surface area contributed by atoms with E-state index in [4.69, 9.17) is 14.7 Å². The summed E-state index contributed by atoms with van der Waals surface area (Å²) in [6.07, 6.45) is 0. The predicted molar refractivity (Wildman–Crippen MR) is 101 cm³/mol. The standard InChI is InChI=1S/8C2H5.4H2N.4Zr/c8*1-2;;;;;;;;/h8*1H2,2H3;4*1H2;;;;/q;;;;;;;;4*-1;4*+1. The van der Waals surface area contributed by atoms with E-state index in [9.17, 15) is 0 Å². The van der Waals surface area contributed by atoms with Gasteiger partial charge in [0.05, 0.1) is 0 Å². The molecule has 0 bridgehead atoms. The van der Waals surface area contributed by atoms with Crippen LogP contribution in [-0.2, 0) is 88.2 Å². The topological polar surface area (TPSA) is 104 Å². The summed E-state index contributed by atoms with van der Waals surface area (Å²) in [7, 11) is 0. The second-order valence-corrected chi connectivity index (χ2v) is 32.3. The zero-order valence-electron chi connectivity index (χ0n) is 18.0. The van der Waals surface area contributed by atoms with Crippen molar-refractivity contribution in [1.29, 1.82) is 0 Å². The van der Waals surface area contributed by atoms with Crippen LogP contribution in [0.5, 0.6) is 0 Å². The van der Waals surface area contributed by atoms with Gasteiger partial charge in [-0.15, -0.1) is 0 Å². The monoisotopic (exact) mass is 656 g/mol. The van der Waals surface area contributed by atoms with Crippen molar-refractivity contribution in [3.8, 4) is 0 Å². The Kier molecular flexibility index (Phi) is 45.1. The maximum atomic E-state index is 5.67. The fourth-order valence-corrected chi connectivity index (χ4v) is 5.92. The molecule has 4 nitrogen and oxygen atoms in total. The van der Waals surface area contributed by atoms with Crippen molar-refractivity contribution < 1.29 is 88.2 Å². The molecule has 148 valence electrons. The first-order valence-electron chi connectivity index (χ1n) is 9.64.